The minimum atomic E-state index is -2.28. The average molecular weight is 336 g/mol. The van der Waals surface area contributed by atoms with E-state index in [9.17, 15) is 0 Å². The molecule has 0 aromatic heterocycles. The molecular formula is C14H37NO2Si3. The molecule has 2 N–H and O–H groups in total. The Morgan fingerprint density at radius 1 is 0.800 bits per heavy atom. The largest absolute Gasteiger partial charge is 0.395 e. The van der Waals surface area contributed by atoms with Gasteiger partial charge in [-0.3, -0.25) is 0 Å². The van der Waals surface area contributed by atoms with E-state index in [1.54, 1.807) is 0 Å². The molecule has 122 valence electrons. The molecule has 0 saturated heterocycles. The first-order valence-corrected chi connectivity index (χ1v) is 17.2. The lowest BCUT2D eigenvalue weighted by Crippen LogP contribution is -2.70. The molecule has 0 amide bonds. The highest BCUT2D eigenvalue weighted by atomic mass is 28.5. The molecule has 0 aromatic rings. The van der Waals surface area contributed by atoms with Crippen LogP contribution in [0.4, 0.5) is 0 Å². The Kier molecular flexibility index (Phi) is 7.39. The molecule has 0 bridgehead atoms. The standard InChI is InChI=1S/C14H37NO2Si3/c1-10-16-20(9,17-11-2)14(12-13-15,18(3,4)5)19(6,7)8/h10-13,15H2,1-9H3. The molecule has 0 saturated carbocycles. The molecule has 3 nitrogen and oxygen atoms in total. The van der Waals surface area contributed by atoms with Gasteiger partial charge in [-0.25, -0.2) is 0 Å². The smallest absolute Gasteiger partial charge is 0.335 e. The lowest BCUT2D eigenvalue weighted by atomic mass is 10.5. The number of nitrogens with two attached hydrogens (primary N) is 1. The minimum absolute atomic E-state index is 0.230. The quantitative estimate of drug-likeness (QED) is 0.648. The van der Waals surface area contributed by atoms with Gasteiger partial charge in [-0.1, -0.05) is 39.3 Å². The van der Waals surface area contributed by atoms with Crippen LogP contribution in [-0.4, -0.2) is 44.5 Å². The SMILES string of the molecule is CCO[Si](C)(OCC)C(CCN)([Si](C)(C)C)[Si](C)(C)C. The van der Waals surface area contributed by atoms with Crippen molar-refractivity contribution in [3.05, 3.63) is 0 Å². The molecule has 0 heterocycles. The lowest BCUT2D eigenvalue weighted by molar-refractivity contribution is 0.178. The van der Waals surface area contributed by atoms with Crippen molar-refractivity contribution >= 4 is 24.7 Å². The van der Waals surface area contributed by atoms with Gasteiger partial charge in [0.1, 0.15) is 0 Å². The third-order valence-corrected chi connectivity index (χ3v) is 25.5. The molecule has 0 aromatic carbocycles. The first kappa shape index (κ1) is 20.5. The molecule has 20 heavy (non-hydrogen) atoms. The van der Waals surface area contributed by atoms with Crippen LogP contribution in [0, 0.1) is 0 Å². The van der Waals surface area contributed by atoms with Gasteiger partial charge in [0.2, 0.25) is 0 Å². The fourth-order valence-corrected chi connectivity index (χ4v) is 29.3. The van der Waals surface area contributed by atoms with Gasteiger partial charge >= 0.3 is 8.56 Å². The lowest BCUT2D eigenvalue weighted by Gasteiger charge is -2.58. The summed E-state index contributed by atoms with van der Waals surface area (Å²) in [6.07, 6.45) is 1.06. The summed E-state index contributed by atoms with van der Waals surface area (Å²) in [5.41, 5.74) is 6.05. The highest BCUT2D eigenvalue weighted by Gasteiger charge is 2.66. The third-order valence-electron chi connectivity index (χ3n) is 4.69. The Morgan fingerprint density at radius 2 is 1.15 bits per heavy atom. The topological polar surface area (TPSA) is 44.5 Å². The molecule has 6 heteroatoms. The van der Waals surface area contributed by atoms with Crippen LogP contribution < -0.4 is 5.73 Å². The Labute approximate surface area is 129 Å². The van der Waals surface area contributed by atoms with E-state index >= 15 is 0 Å². The maximum Gasteiger partial charge on any atom is 0.335 e. The molecule has 0 atom stereocenters. The molecule has 0 aliphatic heterocycles. The normalized spacial score (nSPS) is 14.7. The molecule has 0 rings (SSSR count). The van der Waals surface area contributed by atoms with E-state index in [0.717, 1.165) is 26.2 Å². The van der Waals surface area contributed by atoms with E-state index in [1.807, 2.05) is 0 Å². The molecule has 0 fully saturated rings. The molecular weight excluding hydrogens is 298 g/mol. The second kappa shape index (κ2) is 7.19. The van der Waals surface area contributed by atoms with Crippen molar-refractivity contribution in [3.8, 4) is 0 Å². The van der Waals surface area contributed by atoms with Crippen molar-refractivity contribution < 1.29 is 8.85 Å². The molecule has 0 aliphatic rings. The van der Waals surface area contributed by atoms with Crippen molar-refractivity contribution in [2.24, 2.45) is 5.73 Å². The van der Waals surface area contributed by atoms with E-state index in [0.29, 0.717) is 0 Å². The van der Waals surface area contributed by atoms with Crippen LogP contribution in [0.5, 0.6) is 0 Å². The Bertz CT molecular complexity index is 278. The highest BCUT2D eigenvalue weighted by molar-refractivity contribution is 7.12. The summed E-state index contributed by atoms with van der Waals surface area (Å²) in [6.45, 7) is 23.5. The van der Waals surface area contributed by atoms with Crippen LogP contribution in [0.15, 0.2) is 0 Å². The third kappa shape index (κ3) is 3.64. The summed E-state index contributed by atoms with van der Waals surface area (Å²) >= 11 is 0. The first-order chi connectivity index (χ1) is 8.93. The predicted molar refractivity (Wildman–Crippen MR) is 97.9 cm³/mol. The van der Waals surface area contributed by atoms with Crippen LogP contribution in [0.2, 0.25) is 50.1 Å². The monoisotopic (exact) mass is 335 g/mol. The van der Waals surface area contributed by atoms with Gasteiger partial charge in [-0.15, -0.1) is 0 Å². The van der Waals surface area contributed by atoms with Crippen molar-refractivity contribution in [1.29, 1.82) is 0 Å². The van der Waals surface area contributed by atoms with E-state index < -0.39 is 24.7 Å². The van der Waals surface area contributed by atoms with Crippen LogP contribution in [0.3, 0.4) is 0 Å². The maximum atomic E-state index is 6.37. The number of hydrogen-bond donors (Lipinski definition) is 1. The van der Waals surface area contributed by atoms with Crippen LogP contribution in [0.25, 0.3) is 0 Å². The second-order valence-corrected chi connectivity index (χ2v) is 23.3. The van der Waals surface area contributed by atoms with Gasteiger partial charge in [-0.2, -0.15) is 0 Å². The fraction of sp³-hybridized carbons (Fsp3) is 1.00. The van der Waals surface area contributed by atoms with Crippen molar-refractivity contribution in [3.63, 3.8) is 0 Å². The summed E-state index contributed by atoms with van der Waals surface area (Å²) in [4.78, 5) is 0. The summed E-state index contributed by atoms with van der Waals surface area (Å²) in [6, 6.07) is 0. The van der Waals surface area contributed by atoms with Gasteiger partial charge in [0, 0.05) is 17.5 Å². The maximum absolute atomic E-state index is 6.37. The minimum Gasteiger partial charge on any atom is -0.395 e. The molecule has 0 spiro atoms. The van der Waals surface area contributed by atoms with Crippen molar-refractivity contribution in [2.75, 3.05) is 19.8 Å². The first-order valence-electron chi connectivity index (χ1n) is 7.91. The Hall–Kier alpha value is 0.531. The molecule has 0 unspecified atom stereocenters. The van der Waals surface area contributed by atoms with Crippen molar-refractivity contribution in [1.82, 2.24) is 0 Å². The summed E-state index contributed by atoms with van der Waals surface area (Å²) < 4.78 is 13.0. The number of rotatable bonds is 9. The zero-order chi connectivity index (χ0) is 16.2. The number of hydrogen-bond acceptors (Lipinski definition) is 3. The zero-order valence-corrected chi connectivity index (χ0v) is 18.2. The van der Waals surface area contributed by atoms with Crippen LogP contribution in [0.1, 0.15) is 20.3 Å². The Morgan fingerprint density at radius 3 is 1.35 bits per heavy atom. The highest BCUT2D eigenvalue weighted by Crippen LogP contribution is 2.56. The van der Waals surface area contributed by atoms with Gasteiger partial charge in [-0.05, 0) is 33.4 Å². The van der Waals surface area contributed by atoms with Crippen LogP contribution >= 0.6 is 0 Å². The summed E-state index contributed by atoms with van der Waals surface area (Å²) in [5, 5.41) is 0. The second-order valence-electron chi connectivity index (χ2n) is 7.76. The predicted octanol–water partition coefficient (Wildman–Crippen LogP) is 3.98. The van der Waals surface area contributed by atoms with E-state index in [2.05, 4.69) is 59.7 Å². The molecule has 0 radical (unpaired) electrons. The fourth-order valence-electron chi connectivity index (χ4n) is 4.52. The average Bonchev–Trinajstić information content (AvgIpc) is 2.22. The van der Waals surface area contributed by atoms with Crippen molar-refractivity contribution in [2.45, 2.75) is 70.4 Å². The van der Waals surface area contributed by atoms with Gasteiger partial charge in [0.25, 0.3) is 0 Å². The van der Waals surface area contributed by atoms with Gasteiger partial charge < -0.3 is 14.6 Å². The summed E-state index contributed by atoms with van der Waals surface area (Å²) in [5.74, 6) is 0. The van der Waals surface area contributed by atoms with Gasteiger partial charge in [0.15, 0.2) is 0 Å². The van der Waals surface area contributed by atoms with Crippen LogP contribution in [-0.2, 0) is 8.85 Å². The van der Waals surface area contributed by atoms with Gasteiger partial charge in [0.05, 0.1) is 16.1 Å². The molecule has 0 aliphatic carbocycles. The zero-order valence-electron chi connectivity index (χ0n) is 15.2. The Balaban J connectivity index is 6.18. The van der Waals surface area contributed by atoms with E-state index in [-0.39, 0.29) is 4.28 Å². The summed E-state index contributed by atoms with van der Waals surface area (Å²) in [7, 11) is -5.30. The van der Waals surface area contributed by atoms with E-state index in [4.69, 9.17) is 14.6 Å². The van der Waals surface area contributed by atoms with E-state index in [1.165, 1.54) is 0 Å².